The van der Waals surface area contributed by atoms with Crippen LogP contribution in [0.3, 0.4) is 0 Å². The number of rotatable bonds is 5. The number of ether oxygens (including phenoxy) is 1. The molecule has 142 valence electrons. The van der Waals surface area contributed by atoms with E-state index in [0.717, 1.165) is 57.2 Å². The summed E-state index contributed by atoms with van der Waals surface area (Å²) in [5.74, 6) is 1.25. The molecule has 4 rings (SSSR count). The summed E-state index contributed by atoms with van der Waals surface area (Å²) in [6.45, 7) is 6.80. The second-order valence-corrected chi connectivity index (χ2v) is 7.68. The third-order valence-corrected chi connectivity index (χ3v) is 5.79. The van der Waals surface area contributed by atoms with E-state index in [1.165, 1.54) is 16.0 Å². The Bertz CT molecular complexity index is 785. The Morgan fingerprint density at radius 2 is 1.78 bits per heavy atom. The van der Waals surface area contributed by atoms with Crippen molar-refractivity contribution in [3.8, 4) is 5.75 Å². The Hall–Kier alpha value is -2.37. The van der Waals surface area contributed by atoms with Gasteiger partial charge in [0.05, 0.1) is 6.61 Å². The van der Waals surface area contributed by atoms with E-state index >= 15 is 0 Å². The number of quaternary nitrogens is 2. The zero-order valence-corrected chi connectivity index (χ0v) is 16.0. The predicted molar refractivity (Wildman–Crippen MR) is 105 cm³/mol. The second kappa shape index (κ2) is 8.11. The Balaban J connectivity index is 1.26. The average Bonchev–Trinajstić information content (AvgIpc) is 3.17. The van der Waals surface area contributed by atoms with Gasteiger partial charge in [-0.25, -0.2) is 0 Å². The van der Waals surface area contributed by atoms with E-state index in [2.05, 4.69) is 18.2 Å². The topological polar surface area (TPSA) is 38.4 Å². The third kappa shape index (κ3) is 4.31. The van der Waals surface area contributed by atoms with Gasteiger partial charge in [0, 0.05) is 24.7 Å². The summed E-state index contributed by atoms with van der Waals surface area (Å²) in [5.41, 5.74) is 3.72. The number of hydrogen-bond donors (Lipinski definition) is 2. The molecule has 0 aliphatic carbocycles. The zero-order valence-electron chi connectivity index (χ0n) is 16.0. The lowest BCUT2D eigenvalue weighted by molar-refractivity contribution is -1.02. The molecule has 2 heterocycles. The summed E-state index contributed by atoms with van der Waals surface area (Å²) in [4.78, 5) is 17.4. The molecule has 2 aromatic rings. The first-order chi connectivity index (χ1) is 13.2. The average molecular weight is 367 g/mol. The van der Waals surface area contributed by atoms with Gasteiger partial charge in [0.2, 0.25) is 0 Å². The molecule has 0 aromatic heterocycles. The van der Waals surface area contributed by atoms with Crippen molar-refractivity contribution in [3.63, 3.8) is 0 Å². The molecule has 0 saturated carbocycles. The number of likely N-dealkylation sites (N-methyl/N-ethyl adjacent to an activating group) is 1. The Kier molecular flexibility index (Phi) is 5.41. The summed E-state index contributed by atoms with van der Waals surface area (Å²) in [6, 6.07) is 16.5. The number of nitrogens with zero attached hydrogens (tertiary/aromatic N) is 1. The van der Waals surface area contributed by atoms with Gasteiger partial charge >= 0.3 is 0 Å². The van der Waals surface area contributed by atoms with Gasteiger partial charge in [-0.2, -0.15) is 0 Å². The van der Waals surface area contributed by atoms with Gasteiger partial charge in [0.25, 0.3) is 5.91 Å². The number of fused-ring (bicyclic) bond motifs is 1. The van der Waals surface area contributed by atoms with E-state index in [0.29, 0.717) is 6.54 Å². The molecule has 1 saturated heterocycles. The van der Waals surface area contributed by atoms with Gasteiger partial charge in [-0.3, -0.25) is 4.79 Å². The molecule has 2 aliphatic rings. The maximum atomic E-state index is 12.6. The van der Waals surface area contributed by atoms with E-state index < -0.39 is 0 Å². The van der Waals surface area contributed by atoms with Crippen LogP contribution in [0.4, 0.5) is 5.69 Å². The van der Waals surface area contributed by atoms with Gasteiger partial charge in [0.15, 0.2) is 6.54 Å². The fourth-order valence-electron chi connectivity index (χ4n) is 4.08. The van der Waals surface area contributed by atoms with Crippen molar-refractivity contribution >= 4 is 11.6 Å². The Morgan fingerprint density at radius 1 is 1.04 bits per heavy atom. The number of para-hydroxylation sites is 1. The fourth-order valence-corrected chi connectivity index (χ4v) is 4.08. The van der Waals surface area contributed by atoms with Crippen molar-refractivity contribution in [1.82, 2.24) is 0 Å². The third-order valence-electron chi connectivity index (χ3n) is 5.79. The van der Waals surface area contributed by atoms with Crippen LogP contribution < -0.4 is 19.4 Å². The molecule has 0 unspecified atom stereocenters. The zero-order chi connectivity index (χ0) is 18.6. The molecule has 2 aliphatic heterocycles. The molecule has 5 nitrogen and oxygen atoms in total. The Morgan fingerprint density at radius 3 is 2.56 bits per heavy atom. The number of carbonyl (C=O) groups is 1. The standard InChI is InChI=1S/C22H27N3O2/c1-23(20-5-3-2-4-6-20)22(26)17-25-12-10-24(11-13-25)16-18-7-8-21-19(15-18)9-14-27-21/h2-8,15H,9-14,16-17H2,1H3/p+2. The van der Waals surface area contributed by atoms with Gasteiger partial charge in [-0.1, -0.05) is 18.2 Å². The first kappa shape index (κ1) is 18.0. The highest BCUT2D eigenvalue weighted by molar-refractivity contribution is 5.93. The lowest BCUT2D eigenvalue weighted by Gasteiger charge is -2.30. The van der Waals surface area contributed by atoms with Crippen molar-refractivity contribution in [2.45, 2.75) is 13.0 Å². The number of piperazine rings is 1. The normalized spacial score (nSPS) is 21.4. The van der Waals surface area contributed by atoms with Gasteiger partial charge in [0.1, 0.15) is 38.5 Å². The quantitative estimate of drug-likeness (QED) is 0.753. The van der Waals surface area contributed by atoms with Crippen LogP contribution in [0, 0.1) is 0 Å². The van der Waals surface area contributed by atoms with Crippen LogP contribution in [0.5, 0.6) is 5.75 Å². The van der Waals surface area contributed by atoms with Crippen LogP contribution in [0.2, 0.25) is 0 Å². The second-order valence-electron chi connectivity index (χ2n) is 7.68. The highest BCUT2D eigenvalue weighted by atomic mass is 16.5. The smallest absolute Gasteiger partial charge is 0.281 e. The molecule has 27 heavy (non-hydrogen) atoms. The van der Waals surface area contributed by atoms with Crippen molar-refractivity contribution in [2.24, 2.45) is 0 Å². The van der Waals surface area contributed by atoms with Crippen molar-refractivity contribution in [1.29, 1.82) is 0 Å². The SMILES string of the molecule is CN(C(=O)C[NH+]1CC[NH+](Cc2ccc3c(c2)CCO3)CC1)c1ccccc1. The molecule has 0 spiro atoms. The maximum Gasteiger partial charge on any atom is 0.281 e. The maximum absolute atomic E-state index is 12.6. The first-order valence-corrected chi connectivity index (χ1v) is 9.92. The van der Waals surface area contributed by atoms with Crippen LogP contribution in [0.25, 0.3) is 0 Å². The highest BCUT2D eigenvalue weighted by Crippen LogP contribution is 2.25. The summed E-state index contributed by atoms with van der Waals surface area (Å²) in [7, 11) is 1.87. The molecule has 0 atom stereocenters. The summed E-state index contributed by atoms with van der Waals surface area (Å²) in [6.07, 6.45) is 1.04. The molecule has 5 heteroatoms. The first-order valence-electron chi connectivity index (χ1n) is 9.92. The molecule has 0 bridgehead atoms. The molecular weight excluding hydrogens is 338 g/mol. The minimum Gasteiger partial charge on any atom is -0.493 e. The van der Waals surface area contributed by atoms with Crippen molar-refractivity contribution in [2.75, 3.05) is 51.3 Å². The van der Waals surface area contributed by atoms with Crippen molar-refractivity contribution in [3.05, 3.63) is 59.7 Å². The summed E-state index contributed by atoms with van der Waals surface area (Å²) >= 11 is 0. The number of nitrogens with one attached hydrogen (secondary N) is 2. The number of anilines is 1. The summed E-state index contributed by atoms with van der Waals surface area (Å²) < 4.78 is 5.60. The van der Waals surface area contributed by atoms with Gasteiger partial charge in [-0.05, 0) is 35.9 Å². The number of amides is 1. The largest absolute Gasteiger partial charge is 0.493 e. The Labute approximate surface area is 161 Å². The van der Waals surface area contributed by atoms with Crippen molar-refractivity contribution < 1.29 is 19.3 Å². The number of carbonyl (C=O) groups excluding carboxylic acids is 1. The lowest BCUT2D eigenvalue weighted by atomic mass is 10.1. The molecule has 1 amide bonds. The number of hydrogen-bond acceptors (Lipinski definition) is 2. The lowest BCUT2D eigenvalue weighted by Crippen LogP contribution is -3.28. The monoisotopic (exact) mass is 367 g/mol. The van der Waals surface area contributed by atoms with Crippen LogP contribution >= 0.6 is 0 Å². The predicted octanol–water partition coefficient (Wildman–Crippen LogP) is -0.432. The van der Waals surface area contributed by atoms with E-state index in [1.807, 2.05) is 37.4 Å². The minimum atomic E-state index is 0.193. The fraction of sp³-hybridized carbons (Fsp3) is 0.409. The van der Waals surface area contributed by atoms with Crippen LogP contribution in [-0.4, -0.2) is 52.3 Å². The number of benzene rings is 2. The molecule has 2 N–H and O–H groups in total. The molecule has 2 aromatic carbocycles. The van der Waals surface area contributed by atoms with Gasteiger partial charge in [-0.15, -0.1) is 0 Å². The molecular formula is C22H29N3O2+2. The van der Waals surface area contributed by atoms with E-state index in [-0.39, 0.29) is 5.91 Å². The van der Waals surface area contributed by atoms with Crippen LogP contribution in [0.15, 0.2) is 48.5 Å². The van der Waals surface area contributed by atoms with Gasteiger partial charge < -0.3 is 19.4 Å². The van der Waals surface area contributed by atoms with E-state index in [4.69, 9.17) is 4.74 Å². The van der Waals surface area contributed by atoms with Crippen LogP contribution in [0.1, 0.15) is 11.1 Å². The summed E-state index contributed by atoms with van der Waals surface area (Å²) in [5, 5.41) is 0. The van der Waals surface area contributed by atoms with Crippen LogP contribution in [-0.2, 0) is 17.8 Å². The molecule has 0 radical (unpaired) electrons. The highest BCUT2D eigenvalue weighted by Gasteiger charge is 2.26. The van der Waals surface area contributed by atoms with E-state index in [1.54, 1.807) is 9.80 Å². The van der Waals surface area contributed by atoms with E-state index in [9.17, 15) is 4.79 Å². The minimum absolute atomic E-state index is 0.193. The molecule has 1 fully saturated rings.